The van der Waals surface area contributed by atoms with Crippen LogP contribution in [-0.4, -0.2) is 68.4 Å². The van der Waals surface area contributed by atoms with Crippen LogP contribution in [0.1, 0.15) is 44.6 Å². The van der Waals surface area contributed by atoms with E-state index in [0.717, 1.165) is 37.8 Å². The van der Waals surface area contributed by atoms with Gasteiger partial charge in [0, 0.05) is 38.8 Å². The molecule has 2 aromatic rings. The van der Waals surface area contributed by atoms with Crippen molar-refractivity contribution >= 4 is 22.0 Å². The molecule has 194 valence electrons. The van der Waals surface area contributed by atoms with E-state index in [1.807, 2.05) is 18.2 Å². The maximum atomic E-state index is 13.1. The molecule has 0 radical (unpaired) electrons. The monoisotopic (exact) mass is 511 g/mol. The summed E-state index contributed by atoms with van der Waals surface area (Å²) in [4.78, 5) is 15.0. The molecule has 7 nitrogen and oxygen atoms in total. The fourth-order valence-corrected chi connectivity index (χ4v) is 6.14. The molecule has 1 atom stereocenters. The lowest BCUT2D eigenvalue weighted by Gasteiger charge is -2.33. The number of carbonyl (C=O) groups excluding carboxylic acids is 1. The van der Waals surface area contributed by atoms with Gasteiger partial charge in [-0.3, -0.25) is 9.69 Å². The minimum Gasteiger partial charge on any atom is -0.481 e. The molecule has 2 fully saturated rings. The normalized spacial score (nSPS) is 19.2. The number of amides is 1. The maximum absolute atomic E-state index is 13.1. The van der Waals surface area contributed by atoms with Crippen molar-refractivity contribution in [2.75, 3.05) is 32.7 Å². The van der Waals surface area contributed by atoms with Crippen LogP contribution >= 0.6 is 0 Å². The number of rotatable bonds is 9. The summed E-state index contributed by atoms with van der Waals surface area (Å²) in [7, 11) is -3.58. The zero-order valence-electron chi connectivity index (χ0n) is 21.0. The highest BCUT2D eigenvalue weighted by Crippen LogP contribution is 2.22. The predicted octanol–water partition coefficient (Wildman–Crippen LogP) is 3.92. The molecule has 8 heteroatoms. The Hall–Kier alpha value is -2.68. The molecule has 0 bridgehead atoms. The summed E-state index contributed by atoms with van der Waals surface area (Å²) in [5.41, 5.74) is 1.16. The van der Waals surface area contributed by atoms with Gasteiger partial charge < -0.3 is 10.1 Å². The summed E-state index contributed by atoms with van der Waals surface area (Å²) in [6, 6.07) is 16.7. The van der Waals surface area contributed by atoms with E-state index in [4.69, 9.17) is 4.74 Å². The molecule has 0 unspecified atom stereocenters. The summed E-state index contributed by atoms with van der Waals surface area (Å²) in [6.45, 7) is 4.80. The second-order valence-corrected chi connectivity index (χ2v) is 11.5. The Morgan fingerprint density at radius 3 is 2.33 bits per heavy atom. The van der Waals surface area contributed by atoms with Crippen molar-refractivity contribution in [3.05, 3.63) is 66.2 Å². The fraction of sp³-hybridized carbons (Fsp3) is 0.464. The van der Waals surface area contributed by atoms with Gasteiger partial charge in [0.25, 0.3) is 5.91 Å². The first-order valence-corrected chi connectivity index (χ1v) is 14.4. The fourth-order valence-electron chi connectivity index (χ4n) is 4.72. The van der Waals surface area contributed by atoms with E-state index >= 15 is 0 Å². The van der Waals surface area contributed by atoms with Crippen molar-refractivity contribution in [2.45, 2.75) is 56.1 Å². The maximum Gasteiger partial charge on any atom is 0.260 e. The van der Waals surface area contributed by atoms with E-state index in [1.165, 1.54) is 6.42 Å². The number of benzene rings is 2. The molecule has 1 saturated carbocycles. The van der Waals surface area contributed by atoms with Crippen molar-refractivity contribution < 1.29 is 17.9 Å². The van der Waals surface area contributed by atoms with Crippen LogP contribution in [0.25, 0.3) is 6.08 Å². The molecule has 1 amide bonds. The summed E-state index contributed by atoms with van der Waals surface area (Å²) in [6.07, 6.45) is 9.14. The quantitative estimate of drug-likeness (QED) is 0.552. The van der Waals surface area contributed by atoms with Crippen LogP contribution in [0.3, 0.4) is 0 Å². The number of hydrogen-bond acceptors (Lipinski definition) is 5. The third kappa shape index (κ3) is 7.18. The Balaban J connectivity index is 1.25. The summed E-state index contributed by atoms with van der Waals surface area (Å²) in [5, 5.41) is 3.07. The van der Waals surface area contributed by atoms with Crippen molar-refractivity contribution in [3.8, 4) is 5.75 Å². The van der Waals surface area contributed by atoms with Crippen LogP contribution in [0.5, 0.6) is 5.75 Å². The van der Waals surface area contributed by atoms with E-state index in [9.17, 15) is 13.2 Å². The molecule has 36 heavy (non-hydrogen) atoms. The van der Waals surface area contributed by atoms with Gasteiger partial charge in [0.1, 0.15) is 5.75 Å². The largest absolute Gasteiger partial charge is 0.481 e. The number of sulfonamides is 1. The topological polar surface area (TPSA) is 79.0 Å². The van der Waals surface area contributed by atoms with E-state index in [-0.39, 0.29) is 16.8 Å². The van der Waals surface area contributed by atoms with Gasteiger partial charge in [0.05, 0.1) is 4.90 Å². The van der Waals surface area contributed by atoms with E-state index < -0.39 is 16.1 Å². The number of hydrogen-bond donors (Lipinski definition) is 1. The Labute approximate surface area is 215 Å². The summed E-state index contributed by atoms with van der Waals surface area (Å²) in [5.74, 6) is 0.352. The first-order chi connectivity index (χ1) is 17.4. The van der Waals surface area contributed by atoms with Gasteiger partial charge >= 0.3 is 0 Å². The van der Waals surface area contributed by atoms with E-state index in [2.05, 4.69) is 34.5 Å². The molecule has 1 aliphatic carbocycles. The minimum atomic E-state index is -3.58. The minimum absolute atomic E-state index is 0.130. The first kappa shape index (κ1) is 26.4. The Kier molecular flexibility index (Phi) is 9.18. The second-order valence-electron chi connectivity index (χ2n) is 9.59. The zero-order chi connectivity index (χ0) is 25.4. The average molecular weight is 512 g/mol. The summed E-state index contributed by atoms with van der Waals surface area (Å²) < 4.78 is 33.6. The molecule has 1 N–H and O–H groups in total. The van der Waals surface area contributed by atoms with Gasteiger partial charge in [0.2, 0.25) is 10.0 Å². The Morgan fingerprint density at radius 2 is 1.67 bits per heavy atom. The smallest absolute Gasteiger partial charge is 0.260 e. The number of nitrogens with zero attached hydrogens (tertiary/aromatic N) is 2. The Bertz CT molecular complexity index is 1110. The molecule has 0 aromatic heterocycles. The van der Waals surface area contributed by atoms with E-state index in [0.29, 0.717) is 31.9 Å². The zero-order valence-corrected chi connectivity index (χ0v) is 21.8. The number of ether oxygens (including phenoxy) is 1. The molecular weight excluding hydrogens is 474 g/mol. The molecular formula is C28H37N3O4S. The third-order valence-corrected chi connectivity index (χ3v) is 8.81. The Morgan fingerprint density at radius 1 is 1.00 bits per heavy atom. The number of carbonyl (C=O) groups is 1. The standard InChI is InChI=1S/C28H37N3O4S/c1-23(28(32)29-25-12-6-3-7-13-25)35-26-14-16-27(17-15-26)36(33,34)31-21-19-30(20-22-31)18-8-11-24-9-4-2-5-10-24/h2,4-5,8-11,14-17,23,25H,3,6-7,12-13,18-22H2,1H3,(H,29,32)/b11-8+/t23-/m0/s1. The molecule has 0 spiro atoms. The molecule has 2 aromatic carbocycles. The molecule has 1 aliphatic heterocycles. The van der Waals surface area contributed by atoms with Gasteiger partial charge in [-0.2, -0.15) is 4.31 Å². The summed E-state index contributed by atoms with van der Waals surface area (Å²) >= 11 is 0. The third-order valence-electron chi connectivity index (χ3n) is 6.90. The lowest BCUT2D eigenvalue weighted by Crippen LogP contribution is -2.48. The van der Waals surface area contributed by atoms with Crippen molar-refractivity contribution in [1.29, 1.82) is 0 Å². The molecule has 4 rings (SSSR count). The van der Waals surface area contributed by atoms with Crippen molar-refractivity contribution in [1.82, 2.24) is 14.5 Å². The number of piperazine rings is 1. The average Bonchev–Trinajstić information content (AvgIpc) is 2.90. The number of nitrogens with one attached hydrogen (secondary N) is 1. The highest BCUT2D eigenvalue weighted by atomic mass is 32.2. The van der Waals surface area contributed by atoms with Crippen molar-refractivity contribution in [3.63, 3.8) is 0 Å². The van der Waals surface area contributed by atoms with Gasteiger partial charge in [-0.15, -0.1) is 0 Å². The van der Waals surface area contributed by atoms with Crippen LogP contribution in [-0.2, 0) is 14.8 Å². The van der Waals surface area contributed by atoms with Crippen LogP contribution in [0, 0.1) is 0 Å². The van der Waals surface area contributed by atoms with Crippen molar-refractivity contribution in [2.24, 2.45) is 0 Å². The molecule has 1 heterocycles. The SMILES string of the molecule is C[C@H](Oc1ccc(S(=O)(=O)N2CCN(C/C=C/c3ccccc3)CC2)cc1)C(=O)NC1CCCCC1. The van der Waals surface area contributed by atoms with Crippen LogP contribution < -0.4 is 10.1 Å². The van der Waals surface area contributed by atoms with Gasteiger partial charge in [0.15, 0.2) is 6.10 Å². The van der Waals surface area contributed by atoms with Crippen LogP contribution in [0.2, 0.25) is 0 Å². The highest BCUT2D eigenvalue weighted by Gasteiger charge is 2.28. The lowest BCUT2D eigenvalue weighted by molar-refractivity contribution is -0.128. The molecule has 2 aliphatic rings. The van der Waals surface area contributed by atoms with Gasteiger partial charge in [-0.25, -0.2) is 8.42 Å². The second kappa shape index (κ2) is 12.5. The van der Waals surface area contributed by atoms with Crippen LogP contribution in [0.4, 0.5) is 0 Å². The first-order valence-electron chi connectivity index (χ1n) is 12.9. The van der Waals surface area contributed by atoms with Crippen LogP contribution in [0.15, 0.2) is 65.6 Å². The predicted molar refractivity (Wildman–Crippen MR) is 142 cm³/mol. The van der Waals surface area contributed by atoms with Gasteiger partial charge in [-0.1, -0.05) is 61.7 Å². The molecule has 1 saturated heterocycles. The van der Waals surface area contributed by atoms with E-state index in [1.54, 1.807) is 35.5 Å². The highest BCUT2D eigenvalue weighted by molar-refractivity contribution is 7.89. The lowest BCUT2D eigenvalue weighted by atomic mass is 9.95. The van der Waals surface area contributed by atoms with Gasteiger partial charge in [-0.05, 0) is 49.6 Å².